The Bertz CT molecular complexity index is 348. The maximum absolute atomic E-state index is 4.32. The van der Waals surface area contributed by atoms with E-state index in [-0.39, 0.29) is 0 Å². The number of aromatic nitrogens is 2. The van der Waals surface area contributed by atoms with Crippen LogP contribution in [0.4, 0.5) is 0 Å². The molecule has 0 spiro atoms. The first-order valence-electron chi connectivity index (χ1n) is 5.65. The lowest BCUT2D eigenvalue weighted by molar-refractivity contribution is 0.690. The summed E-state index contributed by atoms with van der Waals surface area (Å²) in [6.07, 6.45) is 9.90. The topological polar surface area (TPSA) is 29.9 Å². The third kappa shape index (κ3) is 2.93. The molecule has 0 atom stereocenters. The lowest BCUT2D eigenvalue weighted by Gasteiger charge is -2.02. The molecule has 1 saturated carbocycles. The van der Waals surface area contributed by atoms with Crippen molar-refractivity contribution in [3.8, 4) is 0 Å². The van der Waals surface area contributed by atoms with Crippen molar-refractivity contribution < 1.29 is 0 Å². The van der Waals surface area contributed by atoms with Crippen molar-refractivity contribution in [2.75, 3.05) is 6.54 Å². The van der Waals surface area contributed by atoms with Gasteiger partial charge in [0.2, 0.25) is 0 Å². The quantitative estimate of drug-likeness (QED) is 0.745. The molecule has 3 nitrogen and oxygen atoms in total. The van der Waals surface area contributed by atoms with Crippen LogP contribution in [0.5, 0.6) is 0 Å². The van der Waals surface area contributed by atoms with Gasteiger partial charge in [0.1, 0.15) is 5.82 Å². The van der Waals surface area contributed by atoms with Crippen molar-refractivity contribution in [1.29, 1.82) is 0 Å². The molecule has 0 aromatic carbocycles. The standard InChI is InChI=1S/C12H19N3/c1-10(12-14-8-9-15(12)2)4-3-7-13-11-5-6-11/h4,8-9,11,13H,3,5-7H2,1-2H3. The molecule has 1 aromatic heterocycles. The van der Waals surface area contributed by atoms with Crippen LogP contribution in [-0.4, -0.2) is 22.1 Å². The zero-order valence-corrected chi connectivity index (χ0v) is 9.53. The molecule has 0 unspecified atom stereocenters. The van der Waals surface area contributed by atoms with Crippen LogP contribution in [0.15, 0.2) is 18.5 Å². The van der Waals surface area contributed by atoms with Gasteiger partial charge in [-0.2, -0.15) is 0 Å². The summed E-state index contributed by atoms with van der Waals surface area (Å²) < 4.78 is 2.06. The summed E-state index contributed by atoms with van der Waals surface area (Å²) in [7, 11) is 2.03. The molecule has 0 radical (unpaired) electrons. The number of hydrogen-bond acceptors (Lipinski definition) is 2. The van der Waals surface area contributed by atoms with E-state index in [0.29, 0.717) is 0 Å². The fourth-order valence-corrected chi connectivity index (χ4v) is 1.70. The molecule has 0 saturated heterocycles. The molecule has 1 aromatic rings. The van der Waals surface area contributed by atoms with E-state index in [0.717, 1.165) is 24.8 Å². The fraction of sp³-hybridized carbons (Fsp3) is 0.583. The van der Waals surface area contributed by atoms with Gasteiger partial charge in [0, 0.05) is 25.5 Å². The second-order valence-corrected chi connectivity index (χ2v) is 4.27. The van der Waals surface area contributed by atoms with E-state index in [2.05, 4.69) is 27.9 Å². The van der Waals surface area contributed by atoms with Crippen LogP contribution in [0.1, 0.15) is 32.0 Å². The molecular weight excluding hydrogens is 186 g/mol. The fourth-order valence-electron chi connectivity index (χ4n) is 1.70. The van der Waals surface area contributed by atoms with Gasteiger partial charge in [-0.3, -0.25) is 0 Å². The zero-order valence-electron chi connectivity index (χ0n) is 9.53. The van der Waals surface area contributed by atoms with Crippen LogP contribution in [0.3, 0.4) is 0 Å². The Hall–Kier alpha value is -1.09. The minimum absolute atomic E-state index is 0.812. The monoisotopic (exact) mass is 205 g/mol. The molecule has 15 heavy (non-hydrogen) atoms. The van der Waals surface area contributed by atoms with Gasteiger partial charge in [0.05, 0.1) is 0 Å². The van der Waals surface area contributed by atoms with E-state index in [1.807, 2.05) is 19.4 Å². The number of allylic oxidation sites excluding steroid dienone is 1. The second-order valence-electron chi connectivity index (χ2n) is 4.27. The number of imidazole rings is 1. The predicted molar refractivity (Wildman–Crippen MR) is 62.5 cm³/mol. The summed E-state index contributed by atoms with van der Waals surface area (Å²) in [6, 6.07) is 0.812. The molecule has 1 aliphatic carbocycles. The van der Waals surface area contributed by atoms with Crippen molar-refractivity contribution >= 4 is 5.57 Å². The molecule has 1 fully saturated rings. The Morgan fingerprint density at radius 1 is 1.67 bits per heavy atom. The summed E-state index contributed by atoms with van der Waals surface area (Å²) in [5, 5.41) is 3.50. The highest BCUT2D eigenvalue weighted by Crippen LogP contribution is 2.18. The first kappa shape index (κ1) is 10.4. The van der Waals surface area contributed by atoms with E-state index < -0.39 is 0 Å². The highest BCUT2D eigenvalue weighted by molar-refractivity contribution is 5.57. The van der Waals surface area contributed by atoms with Crippen LogP contribution in [0.25, 0.3) is 5.57 Å². The number of nitrogens with zero attached hydrogens (tertiary/aromatic N) is 2. The van der Waals surface area contributed by atoms with Gasteiger partial charge in [-0.25, -0.2) is 4.98 Å². The van der Waals surface area contributed by atoms with Crippen LogP contribution in [0.2, 0.25) is 0 Å². The largest absolute Gasteiger partial charge is 0.334 e. The molecule has 82 valence electrons. The molecule has 0 aliphatic heterocycles. The van der Waals surface area contributed by atoms with Gasteiger partial charge in [-0.1, -0.05) is 6.08 Å². The van der Waals surface area contributed by atoms with Gasteiger partial charge in [-0.05, 0) is 38.3 Å². The summed E-state index contributed by atoms with van der Waals surface area (Å²) in [4.78, 5) is 4.32. The molecule has 0 bridgehead atoms. The third-order valence-corrected chi connectivity index (χ3v) is 2.78. The van der Waals surface area contributed by atoms with Crippen molar-refractivity contribution in [2.45, 2.75) is 32.2 Å². The summed E-state index contributed by atoms with van der Waals surface area (Å²) >= 11 is 0. The number of rotatable bonds is 5. The lowest BCUT2D eigenvalue weighted by atomic mass is 10.2. The molecule has 0 amide bonds. The molecule has 3 heteroatoms. The second kappa shape index (κ2) is 4.62. The van der Waals surface area contributed by atoms with Crippen molar-refractivity contribution in [1.82, 2.24) is 14.9 Å². The van der Waals surface area contributed by atoms with Crippen LogP contribution >= 0.6 is 0 Å². The van der Waals surface area contributed by atoms with Crippen LogP contribution in [-0.2, 0) is 7.05 Å². The zero-order chi connectivity index (χ0) is 10.7. The van der Waals surface area contributed by atoms with Crippen molar-refractivity contribution in [3.05, 3.63) is 24.3 Å². The third-order valence-electron chi connectivity index (χ3n) is 2.78. The number of hydrogen-bond donors (Lipinski definition) is 1. The first-order valence-corrected chi connectivity index (χ1v) is 5.65. The molecule has 1 aliphatic rings. The Balaban J connectivity index is 1.81. The predicted octanol–water partition coefficient (Wildman–Crippen LogP) is 1.97. The lowest BCUT2D eigenvalue weighted by Crippen LogP contribution is -2.16. The summed E-state index contributed by atoms with van der Waals surface area (Å²) in [5.74, 6) is 1.07. The molecule has 1 N–H and O–H groups in total. The molecular formula is C12H19N3. The first-order chi connectivity index (χ1) is 7.27. The van der Waals surface area contributed by atoms with Gasteiger partial charge in [-0.15, -0.1) is 0 Å². The molecule has 2 rings (SSSR count). The highest BCUT2D eigenvalue weighted by atomic mass is 15.0. The highest BCUT2D eigenvalue weighted by Gasteiger charge is 2.19. The smallest absolute Gasteiger partial charge is 0.134 e. The van der Waals surface area contributed by atoms with E-state index in [1.54, 1.807) is 0 Å². The van der Waals surface area contributed by atoms with Crippen molar-refractivity contribution in [2.24, 2.45) is 7.05 Å². The Morgan fingerprint density at radius 3 is 3.07 bits per heavy atom. The Kier molecular flexibility index (Phi) is 3.21. The van der Waals surface area contributed by atoms with Gasteiger partial charge in [0.25, 0.3) is 0 Å². The maximum Gasteiger partial charge on any atom is 0.134 e. The van der Waals surface area contributed by atoms with E-state index >= 15 is 0 Å². The normalized spacial score (nSPS) is 17.1. The average molecular weight is 205 g/mol. The van der Waals surface area contributed by atoms with Crippen LogP contribution in [0, 0.1) is 0 Å². The van der Waals surface area contributed by atoms with E-state index in [9.17, 15) is 0 Å². The number of nitrogens with one attached hydrogen (secondary N) is 1. The summed E-state index contributed by atoms with van der Waals surface area (Å²) in [5.41, 5.74) is 1.26. The number of aryl methyl sites for hydroxylation is 1. The minimum atomic E-state index is 0.812. The Morgan fingerprint density at radius 2 is 2.47 bits per heavy atom. The van der Waals surface area contributed by atoms with Crippen molar-refractivity contribution in [3.63, 3.8) is 0 Å². The van der Waals surface area contributed by atoms with E-state index in [4.69, 9.17) is 0 Å². The van der Waals surface area contributed by atoms with Crippen LogP contribution < -0.4 is 5.32 Å². The molecule has 1 heterocycles. The van der Waals surface area contributed by atoms with Gasteiger partial charge < -0.3 is 9.88 Å². The average Bonchev–Trinajstić information content (AvgIpc) is 2.94. The van der Waals surface area contributed by atoms with E-state index in [1.165, 1.54) is 18.4 Å². The minimum Gasteiger partial charge on any atom is -0.334 e. The van der Waals surface area contributed by atoms with Gasteiger partial charge >= 0.3 is 0 Å². The maximum atomic E-state index is 4.32. The summed E-state index contributed by atoms with van der Waals surface area (Å²) in [6.45, 7) is 3.21. The van der Waals surface area contributed by atoms with Gasteiger partial charge in [0.15, 0.2) is 0 Å². The SMILES string of the molecule is CC(=CCCNC1CC1)c1nccn1C. The Labute approximate surface area is 91.2 Å².